The van der Waals surface area contributed by atoms with E-state index in [1.807, 2.05) is 0 Å². The molecule has 0 saturated heterocycles. The Morgan fingerprint density at radius 3 is 1.47 bits per heavy atom. The monoisotopic (exact) mass is 787 g/mol. The lowest BCUT2D eigenvalue weighted by Crippen LogP contribution is -2.10. The van der Waals surface area contributed by atoms with E-state index < -0.39 is 0 Å². The van der Waals surface area contributed by atoms with Crippen molar-refractivity contribution < 1.29 is 4.42 Å². The van der Waals surface area contributed by atoms with E-state index in [9.17, 15) is 0 Å². The highest BCUT2D eigenvalue weighted by molar-refractivity contribution is 6.27. The van der Waals surface area contributed by atoms with Crippen LogP contribution in [0.2, 0.25) is 0 Å². The van der Waals surface area contributed by atoms with Gasteiger partial charge in [-0.25, -0.2) is 0 Å². The fraction of sp³-hybridized carbons (Fsp3) is 0. The van der Waals surface area contributed by atoms with Crippen molar-refractivity contribution in [3.8, 4) is 22.3 Å². The summed E-state index contributed by atoms with van der Waals surface area (Å²) in [5, 5.41) is 17.0. The van der Waals surface area contributed by atoms with E-state index in [4.69, 9.17) is 4.42 Å². The van der Waals surface area contributed by atoms with Crippen molar-refractivity contribution in [3.63, 3.8) is 0 Å². The molecule has 0 aliphatic carbocycles. The molecule has 288 valence electrons. The first-order valence-corrected chi connectivity index (χ1v) is 21.3. The SMILES string of the molecule is c1ccc(-c2ccc(N(c3ccc4oc5c(-c6ccc7c8ccccc8c8ccccc8c7c6)c6ccccc6cc5c4c3)c3cc4ccccc4c4ccccc34)cc2)cc1. The summed E-state index contributed by atoms with van der Waals surface area (Å²) < 4.78 is 7.04. The van der Waals surface area contributed by atoms with Gasteiger partial charge in [0.2, 0.25) is 0 Å². The molecular formula is C60H37NO. The van der Waals surface area contributed by atoms with E-state index in [0.717, 1.165) is 50.1 Å². The third-order valence-corrected chi connectivity index (χ3v) is 13.0. The summed E-state index contributed by atoms with van der Waals surface area (Å²) >= 11 is 0. The van der Waals surface area contributed by atoms with Crippen molar-refractivity contribution >= 4 is 104 Å². The molecule has 0 aliphatic rings. The number of hydrogen-bond acceptors (Lipinski definition) is 2. The summed E-state index contributed by atoms with van der Waals surface area (Å²) in [5.74, 6) is 0. The minimum absolute atomic E-state index is 0.861. The van der Waals surface area contributed by atoms with E-state index in [1.165, 1.54) is 75.8 Å². The number of fused-ring (bicyclic) bond motifs is 13. The van der Waals surface area contributed by atoms with Crippen molar-refractivity contribution in [2.75, 3.05) is 4.90 Å². The van der Waals surface area contributed by atoms with Crippen molar-refractivity contribution in [2.24, 2.45) is 0 Å². The molecule has 2 nitrogen and oxygen atoms in total. The van der Waals surface area contributed by atoms with E-state index in [-0.39, 0.29) is 0 Å². The van der Waals surface area contributed by atoms with Gasteiger partial charge in [-0.05, 0) is 124 Å². The normalized spacial score (nSPS) is 11.9. The maximum atomic E-state index is 7.04. The Balaban J connectivity index is 1.06. The number of furan rings is 1. The summed E-state index contributed by atoms with van der Waals surface area (Å²) in [4.78, 5) is 2.42. The lowest BCUT2D eigenvalue weighted by molar-refractivity contribution is 0.670. The second-order valence-corrected chi connectivity index (χ2v) is 16.4. The molecule has 0 aliphatic heterocycles. The molecule has 0 saturated carbocycles. The van der Waals surface area contributed by atoms with Crippen LogP contribution in [0, 0.1) is 0 Å². The first-order valence-electron chi connectivity index (χ1n) is 21.3. The predicted molar refractivity (Wildman–Crippen MR) is 264 cm³/mol. The fourth-order valence-corrected chi connectivity index (χ4v) is 10.1. The third-order valence-electron chi connectivity index (χ3n) is 13.0. The van der Waals surface area contributed by atoms with E-state index in [2.05, 4.69) is 229 Å². The van der Waals surface area contributed by atoms with Gasteiger partial charge in [0.1, 0.15) is 11.2 Å². The van der Waals surface area contributed by atoms with Crippen LogP contribution in [-0.4, -0.2) is 0 Å². The molecule has 1 heterocycles. The first-order chi connectivity index (χ1) is 30.7. The molecule has 13 rings (SSSR count). The Morgan fingerprint density at radius 2 is 0.774 bits per heavy atom. The maximum absolute atomic E-state index is 7.04. The van der Waals surface area contributed by atoms with Crippen molar-refractivity contribution in [3.05, 3.63) is 224 Å². The average molecular weight is 788 g/mol. The van der Waals surface area contributed by atoms with Gasteiger partial charge in [0.25, 0.3) is 0 Å². The smallest absolute Gasteiger partial charge is 0.143 e. The first kappa shape index (κ1) is 34.6. The fourth-order valence-electron chi connectivity index (χ4n) is 10.1. The minimum Gasteiger partial charge on any atom is -0.455 e. The molecule has 0 amide bonds. The summed E-state index contributed by atoms with van der Waals surface area (Å²) in [7, 11) is 0. The van der Waals surface area contributed by atoms with Gasteiger partial charge in [-0.3, -0.25) is 0 Å². The molecule has 62 heavy (non-hydrogen) atoms. The lowest BCUT2D eigenvalue weighted by atomic mass is 9.90. The van der Waals surface area contributed by atoms with Crippen LogP contribution in [0.4, 0.5) is 17.1 Å². The van der Waals surface area contributed by atoms with Gasteiger partial charge in [0.05, 0.1) is 5.69 Å². The number of nitrogens with zero attached hydrogens (tertiary/aromatic N) is 1. The third kappa shape index (κ3) is 5.30. The highest BCUT2D eigenvalue weighted by Gasteiger charge is 2.22. The zero-order chi connectivity index (χ0) is 40.7. The molecule has 13 aromatic rings. The molecule has 0 spiro atoms. The van der Waals surface area contributed by atoms with Crippen LogP contribution >= 0.6 is 0 Å². The molecular weight excluding hydrogens is 751 g/mol. The van der Waals surface area contributed by atoms with Gasteiger partial charge in [-0.15, -0.1) is 0 Å². The van der Waals surface area contributed by atoms with Gasteiger partial charge in [0.15, 0.2) is 0 Å². The van der Waals surface area contributed by atoms with Crippen LogP contribution in [-0.2, 0) is 0 Å². The molecule has 12 aromatic carbocycles. The molecule has 0 radical (unpaired) electrons. The Labute approximate surface area is 358 Å². The largest absolute Gasteiger partial charge is 0.455 e. The summed E-state index contributed by atoms with van der Waals surface area (Å²) in [6, 6.07) is 81.7. The topological polar surface area (TPSA) is 16.4 Å². The molecule has 0 bridgehead atoms. The quantitative estimate of drug-likeness (QED) is 0.162. The van der Waals surface area contributed by atoms with E-state index in [1.54, 1.807) is 0 Å². The minimum atomic E-state index is 0.861. The Kier molecular flexibility index (Phi) is 7.64. The Bertz CT molecular complexity index is 3880. The van der Waals surface area contributed by atoms with Gasteiger partial charge in [0, 0.05) is 33.1 Å². The van der Waals surface area contributed by atoms with Gasteiger partial charge < -0.3 is 9.32 Å². The average Bonchev–Trinajstić information content (AvgIpc) is 3.71. The van der Waals surface area contributed by atoms with Gasteiger partial charge in [-0.2, -0.15) is 0 Å². The number of hydrogen-bond donors (Lipinski definition) is 0. The molecule has 0 fully saturated rings. The zero-order valence-electron chi connectivity index (χ0n) is 33.7. The van der Waals surface area contributed by atoms with Gasteiger partial charge >= 0.3 is 0 Å². The van der Waals surface area contributed by atoms with Crippen molar-refractivity contribution in [1.82, 2.24) is 0 Å². The Morgan fingerprint density at radius 1 is 0.274 bits per heavy atom. The summed E-state index contributed by atoms with van der Waals surface area (Å²) in [5.41, 5.74) is 9.67. The number of anilines is 3. The zero-order valence-corrected chi connectivity index (χ0v) is 33.7. The van der Waals surface area contributed by atoms with Crippen LogP contribution in [0.5, 0.6) is 0 Å². The second kappa shape index (κ2) is 13.7. The molecule has 0 unspecified atom stereocenters. The maximum Gasteiger partial charge on any atom is 0.143 e. The van der Waals surface area contributed by atoms with Crippen LogP contribution in [0.3, 0.4) is 0 Å². The summed E-state index contributed by atoms with van der Waals surface area (Å²) in [6.45, 7) is 0. The Hall–Kier alpha value is -8.20. The highest BCUT2D eigenvalue weighted by atomic mass is 16.3. The molecule has 2 heteroatoms. The molecule has 0 atom stereocenters. The van der Waals surface area contributed by atoms with E-state index in [0.29, 0.717) is 0 Å². The van der Waals surface area contributed by atoms with E-state index >= 15 is 0 Å². The second-order valence-electron chi connectivity index (χ2n) is 16.4. The molecule has 1 aromatic heterocycles. The summed E-state index contributed by atoms with van der Waals surface area (Å²) in [6.07, 6.45) is 0. The molecule has 0 N–H and O–H groups in total. The lowest BCUT2D eigenvalue weighted by Gasteiger charge is -2.28. The van der Waals surface area contributed by atoms with Gasteiger partial charge in [-0.1, -0.05) is 176 Å². The van der Waals surface area contributed by atoms with Crippen LogP contribution in [0.1, 0.15) is 0 Å². The number of rotatable bonds is 5. The van der Waals surface area contributed by atoms with Crippen LogP contribution in [0.15, 0.2) is 229 Å². The van der Waals surface area contributed by atoms with Crippen molar-refractivity contribution in [1.29, 1.82) is 0 Å². The predicted octanol–water partition coefficient (Wildman–Crippen LogP) is 17.3. The number of benzene rings is 12. The van der Waals surface area contributed by atoms with Crippen LogP contribution in [0.25, 0.3) is 109 Å². The van der Waals surface area contributed by atoms with Crippen molar-refractivity contribution in [2.45, 2.75) is 0 Å². The standard InChI is InChI=1S/C60H37NO/c1-2-14-38(15-3-1)39-26-29-43(30-27-39)61(57-36-41-17-4-6-18-45(41)47-20-12-13-25-53(47)57)44-31-33-58-55(37-44)56-34-40-16-5-7-19-46(40)59(60(56)62-58)42-28-32-52-50-23-9-8-21-48(50)49-22-10-11-24-51(49)54(52)35-42/h1-37H. The highest BCUT2D eigenvalue weighted by Crippen LogP contribution is 2.47. The van der Waals surface area contributed by atoms with Crippen LogP contribution < -0.4 is 4.90 Å².